The van der Waals surface area contributed by atoms with Gasteiger partial charge in [0.25, 0.3) is 0 Å². The molecule has 3 rings (SSSR count). The van der Waals surface area contributed by atoms with E-state index in [1.165, 1.54) is 15.9 Å². The summed E-state index contributed by atoms with van der Waals surface area (Å²) >= 11 is 0. The summed E-state index contributed by atoms with van der Waals surface area (Å²) in [4.78, 5) is 38.3. The van der Waals surface area contributed by atoms with Crippen LogP contribution in [-0.4, -0.2) is 55.0 Å². The molecule has 134 valence electrons. The lowest BCUT2D eigenvalue weighted by atomic mass is 10.3. The average Bonchev–Trinajstić information content (AvgIpc) is 3.32. The van der Waals surface area contributed by atoms with Gasteiger partial charge in [-0.25, -0.2) is 13.6 Å². The Morgan fingerprint density at radius 2 is 1.88 bits per heavy atom. The third kappa shape index (κ3) is 4.23. The Morgan fingerprint density at radius 1 is 1.12 bits per heavy atom. The minimum absolute atomic E-state index is 0.135. The lowest BCUT2D eigenvalue weighted by Crippen LogP contribution is -2.43. The number of hydrogen-bond donors (Lipinski definition) is 2. The molecule has 0 unspecified atom stereocenters. The number of rotatable bonds is 6. The number of urea groups is 1. The number of hydrogen-bond acceptors (Lipinski definition) is 3. The number of carbonyl (C=O) groups excluding carboxylic acids is 3. The van der Waals surface area contributed by atoms with Crippen LogP contribution >= 0.6 is 0 Å². The molecular formula is C16H18F2N4O3. The van der Waals surface area contributed by atoms with Crippen LogP contribution in [0.25, 0.3) is 0 Å². The summed E-state index contributed by atoms with van der Waals surface area (Å²) in [5, 5.41) is 5.20. The molecule has 1 saturated carbocycles. The quantitative estimate of drug-likeness (QED) is 0.787. The predicted octanol–water partition coefficient (Wildman–Crippen LogP) is 0.602. The molecule has 0 atom stereocenters. The van der Waals surface area contributed by atoms with Crippen molar-refractivity contribution in [2.45, 2.75) is 18.9 Å². The predicted molar refractivity (Wildman–Crippen MR) is 84.8 cm³/mol. The van der Waals surface area contributed by atoms with Crippen LogP contribution in [0.4, 0.5) is 19.3 Å². The zero-order valence-corrected chi connectivity index (χ0v) is 13.4. The smallest absolute Gasteiger partial charge is 0.325 e. The summed E-state index contributed by atoms with van der Waals surface area (Å²) in [7, 11) is 0. The minimum Gasteiger partial charge on any atom is -0.352 e. The second kappa shape index (κ2) is 7.04. The number of halogens is 2. The van der Waals surface area contributed by atoms with E-state index in [0.29, 0.717) is 0 Å². The monoisotopic (exact) mass is 352 g/mol. The van der Waals surface area contributed by atoms with Crippen molar-refractivity contribution in [2.24, 2.45) is 0 Å². The summed E-state index contributed by atoms with van der Waals surface area (Å²) in [6, 6.07) is 2.95. The maximum atomic E-state index is 13.3. The number of benzene rings is 1. The molecular weight excluding hydrogens is 334 g/mol. The Hall–Kier alpha value is -2.71. The Kier molecular flexibility index (Phi) is 4.82. The summed E-state index contributed by atoms with van der Waals surface area (Å²) in [5.74, 6) is -2.74. The molecule has 1 aliphatic carbocycles. The molecule has 2 N–H and O–H groups in total. The van der Waals surface area contributed by atoms with Crippen molar-refractivity contribution in [2.75, 3.05) is 31.1 Å². The first-order chi connectivity index (χ1) is 11.9. The van der Waals surface area contributed by atoms with Gasteiger partial charge in [0.2, 0.25) is 11.8 Å². The summed E-state index contributed by atoms with van der Waals surface area (Å²) < 4.78 is 26.3. The van der Waals surface area contributed by atoms with Crippen LogP contribution in [0.3, 0.4) is 0 Å². The normalized spacial score (nSPS) is 17.0. The van der Waals surface area contributed by atoms with Gasteiger partial charge in [-0.1, -0.05) is 0 Å². The van der Waals surface area contributed by atoms with Crippen molar-refractivity contribution in [3.8, 4) is 0 Å². The van der Waals surface area contributed by atoms with Crippen LogP contribution < -0.4 is 15.5 Å². The molecule has 1 aromatic rings. The van der Waals surface area contributed by atoms with Gasteiger partial charge in [0.1, 0.15) is 6.54 Å². The van der Waals surface area contributed by atoms with Crippen LogP contribution in [0.2, 0.25) is 0 Å². The standard InChI is InChI=1S/C16H18F2N4O3/c17-12-4-3-11(7-13(12)18)22-6-5-21(16(22)25)9-15(24)19-8-14(23)20-10-1-2-10/h3-4,7,10H,1-2,5-6,8-9H2,(H,19,24)(H,20,23). The van der Waals surface area contributed by atoms with Crippen molar-refractivity contribution in [3.05, 3.63) is 29.8 Å². The molecule has 25 heavy (non-hydrogen) atoms. The van der Waals surface area contributed by atoms with E-state index in [0.717, 1.165) is 25.0 Å². The van der Waals surface area contributed by atoms with Crippen molar-refractivity contribution in [1.82, 2.24) is 15.5 Å². The molecule has 1 aliphatic heterocycles. The molecule has 9 heteroatoms. The van der Waals surface area contributed by atoms with E-state index in [9.17, 15) is 23.2 Å². The maximum absolute atomic E-state index is 13.3. The topological polar surface area (TPSA) is 81.8 Å². The molecule has 0 spiro atoms. The fraction of sp³-hybridized carbons (Fsp3) is 0.438. The Balaban J connectivity index is 1.50. The summed E-state index contributed by atoms with van der Waals surface area (Å²) in [5.41, 5.74) is 0.232. The van der Waals surface area contributed by atoms with Gasteiger partial charge in [-0.05, 0) is 25.0 Å². The Labute approximate surface area is 143 Å². The second-order valence-electron chi connectivity index (χ2n) is 6.07. The zero-order valence-electron chi connectivity index (χ0n) is 13.4. The lowest BCUT2D eigenvalue weighted by molar-refractivity contribution is -0.126. The molecule has 1 aromatic carbocycles. The molecule has 2 aliphatic rings. The lowest BCUT2D eigenvalue weighted by Gasteiger charge is -2.18. The van der Waals surface area contributed by atoms with Crippen molar-refractivity contribution in [3.63, 3.8) is 0 Å². The molecule has 0 aromatic heterocycles. The van der Waals surface area contributed by atoms with Gasteiger partial charge in [-0.15, -0.1) is 0 Å². The maximum Gasteiger partial charge on any atom is 0.325 e. The highest BCUT2D eigenvalue weighted by molar-refractivity contribution is 5.96. The summed E-state index contributed by atoms with van der Waals surface area (Å²) in [6.45, 7) is 0.207. The number of anilines is 1. The highest BCUT2D eigenvalue weighted by atomic mass is 19.2. The average molecular weight is 352 g/mol. The van der Waals surface area contributed by atoms with Gasteiger partial charge in [-0.3, -0.25) is 14.5 Å². The van der Waals surface area contributed by atoms with Gasteiger partial charge in [-0.2, -0.15) is 0 Å². The highest BCUT2D eigenvalue weighted by Gasteiger charge is 2.31. The van der Waals surface area contributed by atoms with E-state index in [-0.39, 0.29) is 43.8 Å². The molecule has 7 nitrogen and oxygen atoms in total. The Bertz CT molecular complexity index is 709. The van der Waals surface area contributed by atoms with Crippen LogP contribution in [0, 0.1) is 11.6 Å². The van der Waals surface area contributed by atoms with E-state index in [2.05, 4.69) is 10.6 Å². The number of amides is 4. The van der Waals surface area contributed by atoms with E-state index in [1.54, 1.807) is 0 Å². The first-order valence-corrected chi connectivity index (χ1v) is 8.01. The van der Waals surface area contributed by atoms with Crippen LogP contribution in [0.5, 0.6) is 0 Å². The number of nitrogens with zero attached hydrogens (tertiary/aromatic N) is 2. The molecule has 0 radical (unpaired) electrons. The van der Waals surface area contributed by atoms with Gasteiger partial charge in [0, 0.05) is 30.9 Å². The number of carbonyl (C=O) groups is 3. The van der Waals surface area contributed by atoms with Crippen LogP contribution in [0.1, 0.15) is 12.8 Å². The van der Waals surface area contributed by atoms with Gasteiger partial charge in [0.05, 0.1) is 6.54 Å². The number of nitrogens with one attached hydrogen (secondary N) is 2. The van der Waals surface area contributed by atoms with Crippen molar-refractivity contribution in [1.29, 1.82) is 0 Å². The van der Waals surface area contributed by atoms with Gasteiger partial charge >= 0.3 is 6.03 Å². The fourth-order valence-electron chi connectivity index (χ4n) is 2.54. The molecule has 0 bridgehead atoms. The summed E-state index contributed by atoms with van der Waals surface area (Å²) in [6.07, 6.45) is 1.92. The molecule has 2 fully saturated rings. The molecule has 1 saturated heterocycles. The van der Waals surface area contributed by atoms with Crippen LogP contribution in [-0.2, 0) is 9.59 Å². The third-order valence-electron chi connectivity index (χ3n) is 4.03. The van der Waals surface area contributed by atoms with E-state index < -0.39 is 23.6 Å². The molecule has 1 heterocycles. The first-order valence-electron chi connectivity index (χ1n) is 8.01. The third-order valence-corrected chi connectivity index (χ3v) is 4.03. The molecule has 4 amide bonds. The van der Waals surface area contributed by atoms with Crippen molar-refractivity contribution >= 4 is 23.5 Å². The highest BCUT2D eigenvalue weighted by Crippen LogP contribution is 2.22. The largest absolute Gasteiger partial charge is 0.352 e. The Morgan fingerprint density at radius 3 is 2.56 bits per heavy atom. The second-order valence-corrected chi connectivity index (χ2v) is 6.07. The SMILES string of the molecule is O=C(CN1CCN(c2ccc(F)c(F)c2)C1=O)NCC(=O)NC1CC1. The van der Waals surface area contributed by atoms with Gasteiger partial charge < -0.3 is 15.5 Å². The van der Waals surface area contributed by atoms with E-state index in [4.69, 9.17) is 0 Å². The van der Waals surface area contributed by atoms with Crippen LogP contribution in [0.15, 0.2) is 18.2 Å². The van der Waals surface area contributed by atoms with E-state index >= 15 is 0 Å². The van der Waals surface area contributed by atoms with E-state index in [1.807, 2.05) is 0 Å². The first kappa shape index (κ1) is 17.1. The minimum atomic E-state index is -1.04. The van der Waals surface area contributed by atoms with Crippen molar-refractivity contribution < 1.29 is 23.2 Å². The van der Waals surface area contributed by atoms with Gasteiger partial charge in [0.15, 0.2) is 11.6 Å². The fourth-order valence-corrected chi connectivity index (χ4v) is 2.54. The zero-order chi connectivity index (χ0) is 18.0.